The lowest BCUT2D eigenvalue weighted by molar-refractivity contribution is 0.102. The molecule has 3 rings (SSSR count). The summed E-state index contributed by atoms with van der Waals surface area (Å²) in [5.41, 5.74) is 1.78. The summed E-state index contributed by atoms with van der Waals surface area (Å²) in [5, 5.41) is 2.75. The third-order valence-electron chi connectivity index (χ3n) is 2.44. The molecule has 3 aromatic rings. The van der Waals surface area contributed by atoms with Crippen LogP contribution in [0.3, 0.4) is 0 Å². The van der Waals surface area contributed by atoms with Gasteiger partial charge in [0.15, 0.2) is 0 Å². The molecule has 0 saturated carbocycles. The monoisotopic (exact) mass is 239 g/mol. The van der Waals surface area contributed by atoms with Crippen LogP contribution in [0.1, 0.15) is 10.5 Å². The molecule has 0 aromatic carbocycles. The third-order valence-corrected chi connectivity index (χ3v) is 2.44. The van der Waals surface area contributed by atoms with Crippen molar-refractivity contribution in [2.45, 2.75) is 0 Å². The van der Waals surface area contributed by atoms with Crippen molar-refractivity contribution < 1.29 is 4.79 Å². The van der Waals surface area contributed by atoms with Crippen LogP contribution in [-0.2, 0) is 0 Å². The average Bonchev–Trinajstić information content (AvgIpc) is 2.87. The van der Waals surface area contributed by atoms with Gasteiger partial charge < -0.3 is 9.72 Å². The van der Waals surface area contributed by atoms with E-state index in [9.17, 15) is 4.79 Å². The van der Waals surface area contributed by atoms with E-state index in [0.717, 1.165) is 5.65 Å². The first kappa shape index (κ1) is 10.4. The van der Waals surface area contributed by atoms with Crippen LogP contribution in [0.25, 0.3) is 5.65 Å². The number of anilines is 1. The van der Waals surface area contributed by atoms with E-state index in [2.05, 4.69) is 20.3 Å². The quantitative estimate of drug-likeness (QED) is 0.733. The Morgan fingerprint density at radius 3 is 2.94 bits per heavy atom. The molecule has 0 fully saturated rings. The molecule has 1 amide bonds. The zero-order chi connectivity index (χ0) is 12.4. The molecule has 0 aliphatic rings. The number of carbonyl (C=O) groups excluding carboxylic acids is 1. The maximum absolute atomic E-state index is 11.8. The predicted molar refractivity (Wildman–Crippen MR) is 65.2 cm³/mol. The fraction of sp³-hybridized carbons (Fsp3) is 0. The van der Waals surface area contributed by atoms with E-state index in [1.54, 1.807) is 18.5 Å². The Morgan fingerprint density at radius 2 is 2.11 bits per heavy atom. The fourth-order valence-corrected chi connectivity index (χ4v) is 1.61. The molecule has 0 spiro atoms. The average molecular weight is 239 g/mol. The van der Waals surface area contributed by atoms with Crippen LogP contribution < -0.4 is 5.32 Å². The number of pyridine rings is 1. The number of aromatic nitrogens is 4. The molecule has 0 saturated heterocycles. The second-order valence-electron chi connectivity index (χ2n) is 3.66. The van der Waals surface area contributed by atoms with Crippen LogP contribution >= 0.6 is 0 Å². The van der Waals surface area contributed by atoms with Gasteiger partial charge in [0.2, 0.25) is 0 Å². The molecule has 0 radical (unpaired) electrons. The van der Waals surface area contributed by atoms with E-state index in [1.807, 2.05) is 16.7 Å². The fourth-order valence-electron chi connectivity index (χ4n) is 1.61. The molecule has 1 N–H and O–H groups in total. The predicted octanol–water partition coefficient (Wildman–Crippen LogP) is 1.38. The van der Waals surface area contributed by atoms with Crippen molar-refractivity contribution in [1.29, 1.82) is 0 Å². The minimum Gasteiger partial charge on any atom is -0.319 e. The van der Waals surface area contributed by atoms with Crippen molar-refractivity contribution in [2.24, 2.45) is 0 Å². The zero-order valence-corrected chi connectivity index (χ0v) is 9.32. The van der Waals surface area contributed by atoms with Crippen LogP contribution in [0.4, 0.5) is 5.69 Å². The number of amides is 1. The first-order chi connectivity index (χ1) is 8.83. The van der Waals surface area contributed by atoms with Gasteiger partial charge in [0.1, 0.15) is 11.3 Å². The highest BCUT2D eigenvalue weighted by Gasteiger charge is 2.07. The Balaban J connectivity index is 1.86. The second-order valence-corrected chi connectivity index (χ2v) is 3.66. The van der Waals surface area contributed by atoms with E-state index >= 15 is 0 Å². The maximum atomic E-state index is 11.8. The molecule has 6 heteroatoms. The number of carbonyl (C=O) groups is 1. The minimum atomic E-state index is -0.289. The molecule has 3 heterocycles. The molecule has 3 aromatic heterocycles. The topological polar surface area (TPSA) is 72.2 Å². The van der Waals surface area contributed by atoms with E-state index in [4.69, 9.17) is 0 Å². The third kappa shape index (κ3) is 1.91. The van der Waals surface area contributed by atoms with Crippen molar-refractivity contribution >= 4 is 17.2 Å². The molecule has 6 nitrogen and oxygen atoms in total. The van der Waals surface area contributed by atoms with Crippen molar-refractivity contribution in [3.05, 3.63) is 55.0 Å². The highest BCUT2D eigenvalue weighted by Crippen LogP contribution is 2.10. The van der Waals surface area contributed by atoms with Crippen LogP contribution in [0, 0.1) is 0 Å². The van der Waals surface area contributed by atoms with Gasteiger partial charge in [-0.05, 0) is 12.1 Å². The summed E-state index contributed by atoms with van der Waals surface area (Å²) in [7, 11) is 0. The van der Waals surface area contributed by atoms with Crippen LogP contribution in [0.2, 0.25) is 0 Å². The summed E-state index contributed by atoms with van der Waals surface area (Å²) >= 11 is 0. The van der Waals surface area contributed by atoms with Gasteiger partial charge in [-0.3, -0.25) is 9.78 Å². The van der Waals surface area contributed by atoms with Gasteiger partial charge in [-0.1, -0.05) is 0 Å². The molecular formula is C12H9N5O. The standard InChI is InChI=1S/C12H9N5O/c18-12(10-7-13-3-4-14-10)16-9-1-2-11-15-5-6-17(11)8-9/h1-8H,(H,16,18). The van der Waals surface area contributed by atoms with Crippen LogP contribution in [0.15, 0.2) is 49.3 Å². The summed E-state index contributed by atoms with van der Waals surface area (Å²) in [5.74, 6) is -0.289. The summed E-state index contributed by atoms with van der Waals surface area (Å²) in [6.45, 7) is 0. The summed E-state index contributed by atoms with van der Waals surface area (Å²) in [6, 6.07) is 3.61. The van der Waals surface area contributed by atoms with Gasteiger partial charge in [-0.2, -0.15) is 0 Å². The Bertz CT molecular complexity index is 692. The molecule has 88 valence electrons. The molecule has 0 aliphatic heterocycles. The van der Waals surface area contributed by atoms with Gasteiger partial charge in [-0.15, -0.1) is 0 Å². The highest BCUT2D eigenvalue weighted by molar-refractivity contribution is 6.02. The first-order valence-electron chi connectivity index (χ1n) is 5.33. The van der Waals surface area contributed by atoms with Crippen molar-refractivity contribution in [2.75, 3.05) is 5.32 Å². The number of imidazole rings is 1. The lowest BCUT2D eigenvalue weighted by Gasteiger charge is -2.04. The Labute approximate surface area is 102 Å². The van der Waals surface area contributed by atoms with Gasteiger partial charge in [0, 0.05) is 31.0 Å². The molecule has 0 atom stereocenters. The van der Waals surface area contributed by atoms with Crippen molar-refractivity contribution in [1.82, 2.24) is 19.4 Å². The Morgan fingerprint density at radius 1 is 1.17 bits per heavy atom. The minimum absolute atomic E-state index is 0.281. The van der Waals surface area contributed by atoms with Gasteiger partial charge in [-0.25, -0.2) is 9.97 Å². The maximum Gasteiger partial charge on any atom is 0.275 e. The number of fused-ring (bicyclic) bond motifs is 1. The first-order valence-corrected chi connectivity index (χ1v) is 5.33. The number of hydrogen-bond donors (Lipinski definition) is 1. The van der Waals surface area contributed by atoms with E-state index in [0.29, 0.717) is 5.69 Å². The Kier molecular flexibility index (Phi) is 2.45. The van der Waals surface area contributed by atoms with Crippen molar-refractivity contribution in [3.63, 3.8) is 0 Å². The summed E-state index contributed by atoms with van der Waals surface area (Å²) < 4.78 is 1.83. The molecule has 18 heavy (non-hydrogen) atoms. The molecule has 0 aliphatic carbocycles. The lowest BCUT2D eigenvalue weighted by Crippen LogP contribution is -2.14. The number of hydrogen-bond acceptors (Lipinski definition) is 4. The second kappa shape index (κ2) is 4.25. The number of nitrogens with one attached hydrogen (secondary N) is 1. The SMILES string of the molecule is O=C(Nc1ccc2nccn2c1)c1cnccn1. The van der Waals surface area contributed by atoms with E-state index in [-0.39, 0.29) is 11.6 Å². The van der Waals surface area contributed by atoms with Gasteiger partial charge >= 0.3 is 0 Å². The normalized spacial score (nSPS) is 10.4. The molecule has 0 bridgehead atoms. The van der Waals surface area contributed by atoms with Crippen molar-refractivity contribution in [3.8, 4) is 0 Å². The summed E-state index contributed by atoms with van der Waals surface area (Å²) in [4.78, 5) is 23.8. The van der Waals surface area contributed by atoms with Crippen LogP contribution in [-0.4, -0.2) is 25.3 Å². The zero-order valence-electron chi connectivity index (χ0n) is 9.32. The largest absolute Gasteiger partial charge is 0.319 e. The van der Waals surface area contributed by atoms with Crippen LogP contribution in [0.5, 0.6) is 0 Å². The van der Waals surface area contributed by atoms with Gasteiger partial charge in [0.05, 0.1) is 11.9 Å². The number of nitrogens with zero attached hydrogens (tertiary/aromatic N) is 4. The molecule has 0 unspecified atom stereocenters. The lowest BCUT2D eigenvalue weighted by atomic mass is 10.3. The highest BCUT2D eigenvalue weighted by atomic mass is 16.1. The number of rotatable bonds is 2. The summed E-state index contributed by atoms with van der Waals surface area (Å²) in [6.07, 6.45) is 9.72. The smallest absolute Gasteiger partial charge is 0.275 e. The van der Waals surface area contributed by atoms with Gasteiger partial charge in [0.25, 0.3) is 5.91 Å². The Hall–Kier alpha value is -2.76. The van der Waals surface area contributed by atoms with E-state index in [1.165, 1.54) is 18.6 Å². The molecular weight excluding hydrogens is 230 g/mol. The van der Waals surface area contributed by atoms with E-state index < -0.39 is 0 Å².